The first kappa shape index (κ1) is 72.2. The van der Waals surface area contributed by atoms with Crippen LogP contribution < -0.4 is 64.6 Å². The molecule has 4 aliphatic heterocycles. The van der Waals surface area contributed by atoms with Crippen molar-refractivity contribution in [2.24, 2.45) is 23.3 Å². The van der Waals surface area contributed by atoms with Crippen LogP contribution in [-0.4, -0.2) is 230 Å². The summed E-state index contributed by atoms with van der Waals surface area (Å²) in [6.45, 7) is 7.71. The van der Waals surface area contributed by atoms with Gasteiger partial charge in [-0.05, 0) is 75.5 Å². The molecule has 0 radical (unpaired) electrons. The zero-order valence-electron chi connectivity index (χ0n) is 49.7. The SMILES string of the molecule is CC(C)C[C@@H]1NC(=O)[C@H](C(C)C)NC(=O)[C@H](C)NC(=O)[C@@H]2CSSC[C@H](NC(=O)CN)C(=O)N[C@@H](CSSC[C@H](C(N)=O)NC(=O)[C@H](Cc3ccc(O)cc3)NC1=O)C(=O)N[C@@H](CO)C(=O)N[C@@H]([C@@H](C)O)C(=O)N1CCC[C@H]1C(=O)N1CCC[C@H]1C(=O)N2. The van der Waals surface area contributed by atoms with Gasteiger partial charge in [-0.1, -0.05) is 83.0 Å². The van der Waals surface area contributed by atoms with Crippen LogP contribution in [0, 0.1) is 11.8 Å². The maximum atomic E-state index is 14.5. The molecule has 1 aromatic rings. The quantitative estimate of drug-likeness (QED) is 0.0977. The highest BCUT2D eigenvalue weighted by molar-refractivity contribution is 8.77. The maximum Gasteiger partial charge on any atom is 0.248 e. The summed E-state index contributed by atoms with van der Waals surface area (Å²) in [6.07, 6.45) is -0.893. The summed E-state index contributed by atoms with van der Waals surface area (Å²) in [5.41, 5.74) is 11.9. The molecule has 13 atom stereocenters. The first-order valence-electron chi connectivity index (χ1n) is 28.8. The number of phenolic OH excluding ortho intramolecular Hbond substituents is 1. The van der Waals surface area contributed by atoms with Crippen molar-refractivity contribution in [2.45, 2.75) is 159 Å². The number of benzene rings is 1. The molecule has 34 heteroatoms. The molecular weight excluding hydrogens is 1230 g/mol. The average Bonchev–Trinajstić information content (AvgIpc) is 1.88. The maximum absolute atomic E-state index is 14.5. The molecule has 13 amide bonds. The third-order valence-electron chi connectivity index (χ3n) is 14.7. The fourth-order valence-corrected chi connectivity index (χ4v) is 14.5. The number of aromatic hydroxyl groups is 1. The van der Waals surface area contributed by atoms with Gasteiger partial charge in [-0.3, -0.25) is 62.3 Å². The van der Waals surface area contributed by atoms with Crippen molar-refractivity contribution >= 4 is 120 Å². The number of nitrogens with one attached hydrogen (secondary N) is 10. The zero-order valence-corrected chi connectivity index (χ0v) is 53.0. The highest BCUT2D eigenvalue weighted by atomic mass is 33.1. The normalized spacial score (nSPS) is 29.2. The molecule has 2 bridgehead atoms. The lowest BCUT2D eigenvalue weighted by molar-refractivity contribution is -0.149. The molecule has 88 heavy (non-hydrogen) atoms. The molecule has 4 aliphatic rings. The van der Waals surface area contributed by atoms with Crippen molar-refractivity contribution in [3.05, 3.63) is 29.8 Å². The van der Waals surface area contributed by atoms with Gasteiger partial charge >= 0.3 is 0 Å². The Labute approximate surface area is 524 Å². The van der Waals surface area contributed by atoms with E-state index in [1.165, 1.54) is 43.0 Å². The van der Waals surface area contributed by atoms with Crippen molar-refractivity contribution < 1.29 is 77.6 Å². The van der Waals surface area contributed by atoms with Gasteiger partial charge in [-0.2, -0.15) is 0 Å². The van der Waals surface area contributed by atoms with Crippen LogP contribution in [0.3, 0.4) is 0 Å². The second kappa shape index (κ2) is 34.4. The van der Waals surface area contributed by atoms with Crippen LogP contribution in [-0.2, 0) is 68.7 Å². The molecule has 0 aliphatic carbocycles. The molecule has 4 heterocycles. The van der Waals surface area contributed by atoms with Crippen LogP contribution in [0.4, 0.5) is 0 Å². The Hall–Kier alpha value is -6.59. The third-order valence-corrected chi connectivity index (χ3v) is 19.6. The Balaban J connectivity index is 1.62. The minimum absolute atomic E-state index is 0.00189. The number of rotatable bonds is 10. The largest absolute Gasteiger partial charge is 0.508 e. The lowest BCUT2D eigenvalue weighted by atomic mass is 9.98. The highest BCUT2D eigenvalue weighted by Gasteiger charge is 2.46. The molecule has 4 fully saturated rings. The van der Waals surface area contributed by atoms with Crippen molar-refractivity contribution in [3.63, 3.8) is 0 Å². The molecular formula is C54H82N14O16S4. The van der Waals surface area contributed by atoms with E-state index >= 15 is 0 Å². The Bertz CT molecular complexity index is 2720. The molecule has 30 nitrogen and oxygen atoms in total. The summed E-state index contributed by atoms with van der Waals surface area (Å²) in [5, 5.41) is 57.1. The van der Waals surface area contributed by atoms with Crippen molar-refractivity contribution in [1.29, 1.82) is 0 Å². The van der Waals surface area contributed by atoms with E-state index in [4.69, 9.17) is 11.5 Å². The first-order valence-corrected chi connectivity index (χ1v) is 33.8. The number of nitrogens with two attached hydrogens (primary N) is 2. The van der Waals surface area contributed by atoms with Gasteiger partial charge in [0, 0.05) is 42.5 Å². The Morgan fingerprint density at radius 2 is 1.12 bits per heavy atom. The molecule has 17 N–H and O–H groups in total. The van der Waals surface area contributed by atoms with Crippen LogP contribution in [0.1, 0.15) is 79.2 Å². The molecule has 0 spiro atoms. The van der Waals surface area contributed by atoms with Crippen LogP contribution in [0.5, 0.6) is 5.75 Å². The standard InChI is InChI=1S/C54H82N14O16S4/c1-25(2)17-31-45(75)59-32(18-29-11-13-30(71)14-12-29)46(76)62-34(43(56)73)21-85-87-24-37-50(80)61-33(20-69)47(77)66-42(28(6)70)54(84)68-16-8-10-39(68)53(83)67-15-7-9-38(67)51(81)64-36(23-88-86-22-35(49(79)63-37)58-40(72)19-55)48(78)57-27(5)44(74)65-41(26(3)4)52(82)60-31/h11-14,25-28,31-39,41-42,69-71H,7-10,15-24,55H2,1-6H3,(H2,56,73)(H,57,78)(H,58,72)(H,59,75)(H,60,82)(H,61,80)(H,62,76)(H,63,79)(H,64,81)(H,65,74)(H,66,77)/t27-,28+,31-,32-,33-,34+,35-,36-,37-,38-,39-,41-,42-/m0/s1. The smallest absolute Gasteiger partial charge is 0.248 e. The van der Waals surface area contributed by atoms with E-state index in [0.29, 0.717) is 18.4 Å². The number of hydrogen-bond donors (Lipinski definition) is 15. The van der Waals surface area contributed by atoms with Crippen molar-refractivity contribution in [1.82, 2.24) is 63.0 Å². The number of primary amides is 1. The molecule has 1 aromatic carbocycles. The van der Waals surface area contributed by atoms with Crippen LogP contribution in [0.15, 0.2) is 24.3 Å². The number of carbonyl (C=O) groups is 13. The third kappa shape index (κ3) is 20.7. The predicted molar refractivity (Wildman–Crippen MR) is 327 cm³/mol. The van der Waals surface area contributed by atoms with E-state index < -0.39 is 180 Å². The van der Waals surface area contributed by atoms with Gasteiger partial charge in [-0.15, -0.1) is 0 Å². The van der Waals surface area contributed by atoms with E-state index in [1.807, 2.05) is 0 Å². The minimum Gasteiger partial charge on any atom is -0.508 e. The molecule has 5 rings (SSSR count). The Morgan fingerprint density at radius 1 is 0.602 bits per heavy atom. The monoisotopic (exact) mass is 1310 g/mol. The van der Waals surface area contributed by atoms with Gasteiger partial charge in [0.05, 0.1) is 19.3 Å². The van der Waals surface area contributed by atoms with Gasteiger partial charge in [0.15, 0.2) is 0 Å². The lowest BCUT2D eigenvalue weighted by Gasteiger charge is -2.34. The fourth-order valence-electron chi connectivity index (χ4n) is 9.85. The van der Waals surface area contributed by atoms with Crippen LogP contribution in [0.2, 0.25) is 0 Å². The summed E-state index contributed by atoms with van der Waals surface area (Å²) in [5.74, 6) is -13.9. The fraction of sp³-hybridized carbons (Fsp3) is 0.648. The van der Waals surface area contributed by atoms with Crippen LogP contribution in [0.25, 0.3) is 0 Å². The number of nitrogens with zero attached hydrogens (tertiary/aromatic N) is 2. The van der Waals surface area contributed by atoms with E-state index in [1.54, 1.807) is 27.7 Å². The summed E-state index contributed by atoms with van der Waals surface area (Å²) in [7, 11) is 3.62. The number of aliphatic hydroxyl groups excluding tert-OH is 2. The number of aliphatic hydroxyl groups is 2. The Morgan fingerprint density at radius 3 is 1.70 bits per heavy atom. The summed E-state index contributed by atoms with van der Waals surface area (Å²) < 4.78 is 0. The predicted octanol–water partition coefficient (Wildman–Crippen LogP) is -4.91. The first-order chi connectivity index (χ1) is 41.6. The van der Waals surface area contributed by atoms with Gasteiger partial charge in [-0.25, -0.2) is 0 Å². The van der Waals surface area contributed by atoms with Gasteiger partial charge in [0.1, 0.15) is 78.3 Å². The average molecular weight is 1310 g/mol. The van der Waals surface area contributed by atoms with Crippen molar-refractivity contribution in [3.8, 4) is 5.75 Å². The molecule has 0 unspecified atom stereocenters. The summed E-state index contributed by atoms with van der Waals surface area (Å²) >= 11 is 0. The number of carbonyl (C=O) groups excluding carboxylic acids is 13. The van der Waals surface area contributed by atoms with Gasteiger partial charge in [0.2, 0.25) is 76.8 Å². The van der Waals surface area contributed by atoms with E-state index in [-0.39, 0.29) is 67.7 Å². The summed E-state index contributed by atoms with van der Waals surface area (Å²) in [6, 6.07) is -11.9. The van der Waals surface area contributed by atoms with Crippen LogP contribution >= 0.6 is 43.2 Å². The molecule has 0 aromatic heterocycles. The molecule has 0 saturated carbocycles. The summed E-state index contributed by atoms with van der Waals surface area (Å²) in [4.78, 5) is 186. The molecule has 4 saturated heterocycles. The Kier molecular flexibility index (Phi) is 28.2. The minimum atomic E-state index is -1.84. The number of fused-ring (bicyclic) bond motifs is 10. The van der Waals surface area contributed by atoms with Gasteiger partial charge in [0.25, 0.3) is 0 Å². The van der Waals surface area contributed by atoms with E-state index in [9.17, 15) is 77.6 Å². The number of amides is 13. The van der Waals surface area contributed by atoms with Crippen molar-refractivity contribution in [2.75, 3.05) is 49.3 Å². The van der Waals surface area contributed by atoms with E-state index in [2.05, 4.69) is 53.2 Å². The number of hydrogen-bond acceptors (Lipinski definition) is 21. The topological polar surface area (TPSA) is 461 Å². The second-order valence-electron chi connectivity index (χ2n) is 22.5. The van der Waals surface area contributed by atoms with E-state index in [0.717, 1.165) is 48.1 Å². The highest BCUT2D eigenvalue weighted by Crippen LogP contribution is 2.29. The van der Waals surface area contributed by atoms with Gasteiger partial charge < -0.3 is 89.8 Å². The second-order valence-corrected chi connectivity index (χ2v) is 27.6. The lowest BCUT2D eigenvalue weighted by Crippen LogP contribution is -2.62. The number of phenols is 1. The molecule has 488 valence electrons. The zero-order chi connectivity index (χ0) is 65.1.